The molecular formula is C17H18N2O5. The van der Waals surface area contributed by atoms with Gasteiger partial charge in [-0.3, -0.25) is 9.59 Å². The lowest BCUT2D eigenvalue weighted by molar-refractivity contribution is -0.124. The number of rotatable bonds is 7. The maximum atomic E-state index is 11.9. The minimum atomic E-state index is -0.589. The molecule has 0 saturated heterocycles. The minimum absolute atomic E-state index is 0.126. The van der Waals surface area contributed by atoms with Crippen LogP contribution in [0.5, 0.6) is 0 Å². The molecule has 0 fully saturated rings. The van der Waals surface area contributed by atoms with E-state index >= 15 is 0 Å². The molecule has 126 valence electrons. The number of carbonyl (C=O) groups excluding carboxylic acids is 3. The third kappa shape index (κ3) is 5.60. The molecule has 24 heavy (non-hydrogen) atoms. The van der Waals surface area contributed by atoms with Crippen LogP contribution in [0.1, 0.15) is 28.6 Å². The van der Waals surface area contributed by atoms with Gasteiger partial charge in [-0.2, -0.15) is 0 Å². The van der Waals surface area contributed by atoms with Crippen LogP contribution in [0, 0.1) is 0 Å². The Morgan fingerprint density at radius 2 is 1.79 bits per heavy atom. The van der Waals surface area contributed by atoms with Gasteiger partial charge in [0.25, 0.3) is 5.91 Å². The third-order valence-electron chi connectivity index (χ3n) is 3.11. The van der Waals surface area contributed by atoms with Crippen LogP contribution in [0.4, 0.5) is 0 Å². The van der Waals surface area contributed by atoms with Gasteiger partial charge < -0.3 is 19.8 Å². The van der Waals surface area contributed by atoms with Crippen molar-refractivity contribution in [2.24, 2.45) is 0 Å². The van der Waals surface area contributed by atoms with E-state index in [0.717, 1.165) is 5.56 Å². The molecule has 0 aliphatic heterocycles. The van der Waals surface area contributed by atoms with Gasteiger partial charge in [0, 0.05) is 13.5 Å². The van der Waals surface area contributed by atoms with Gasteiger partial charge in [0.1, 0.15) is 5.76 Å². The van der Waals surface area contributed by atoms with E-state index in [2.05, 4.69) is 10.6 Å². The van der Waals surface area contributed by atoms with E-state index in [-0.39, 0.29) is 19.1 Å². The van der Waals surface area contributed by atoms with Crippen molar-refractivity contribution < 1.29 is 23.5 Å². The summed E-state index contributed by atoms with van der Waals surface area (Å²) in [5, 5.41) is 5.24. The quantitative estimate of drug-likeness (QED) is 0.748. The Hall–Kier alpha value is -3.09. The number of hydrogen-bond acceptors (Lipinski definition) is 5. The van der Waals surface area contributed by atoms with Crippen LogP contribution in [-0.2, 0) is 27.4 Å². The number of hydrogen-bond donors (Lipinski definition) is 2. The fourth-order valence-electron chi connectivity index (χ4n) is 1.85. The van der Waals surface area contributed by atoms with Gasteiger partial charge in [0.15, 0.2) is 6.61 Å². The maximum absolute atomic E-state index is 11.9. The Morgan fingerprint density at radius 1 is 1.04 bits per heavy atom. The molecule has 0 saturated carbocycles. The van der Waals surface area contributed by atoms with Gasteiger partial charge in [-0.25, -0.2) is 4.79 Å². The molecule has 0 unspecified atom stereocenters. The van der Waals surface area contributed by atoms with Crippen molar-refractivity contribution in [1.29, 1.82) is 0 Å². The highest BCUT2D eigenvalue weighted by Crippen LogP contribution is 2.06. The average Bonchev–Trinajstić information content (AvgIpc) is 3.10. The number of furan rings is 1. The summed E-state index contributed by atoms with van der Waals surface area (Å²) in [7, 11) is 0. The van der Waals surface area contributed by atoms with E-state index < -0.39 is 11.9 Å². The standard InChI is InChI=1S/C17H18N2O5/c1-12(20)18-9-13-4-6-14(7-5-13)17(22)24-11-16(21)19-10-15-3-2-8-23-15/h2-8H,9-11H2,1H3,(H,18,20)(H,19,21). The lowest BCUT2D eigenvalue weighted by Crippen LogP contribution is -2.28. The molecule has 2 amide bonds. The molecule has 0 atom stereocenters. The molecule has 0 spiro atoms. The smallest absolute Gasteiger partial charge is 0.338 e. The lowest BCUT2D eigenvalue weighted by Gasteiger charge is -2.07. The molecule has 1 heterocycles. The van der Waals surface area contributed by atoms with E-state index in [9.17, 15) is 14.4 Å². The number of nitrogens with one attached hydrogen (secondary N) is 2. The molecule has 0 radical (unpaired) electrons. The summed E-state index contributed by atoms with van der Waals surface area (Å²) in [6.07, 6.45) is 1.51. The van der Waals surface area contributed by atoms with Gasteiger partial charge in [0.2, 0.25) is 5.91 Å². The van der Waals surface area contributed by atoms with Crippen LogP contribution in [0.3, 0.4) is 0 Å². The zero-order chi connectivity index (χ0) is 17.4. The first-order valence-corrected chi connectivity index (χ1v) is 7.34. The third-order valence-corrected chi connectivity index (χ3v) is 3.11. The summed E-state index contributed by atoms with van der Waals surface area (Å²) in [5.74, 6) is -0.514. The molecule has 0 bridgehead atoms. The second kappa shape index (κ2) is 8.52. The first-order chi connectivity index (χ1) is 11.5. The Balaban J connectivity index is 1.75. The SMILES string of the molecule is CC(=O)NCc1ccc(C(=O)OCC(=O)NCc2ccco2)cc1. The van der Waals surface area contributed by atoms with E-state index in [1.165, 1.54) is 13.2 Å². The van der Waals surface area contributed by atoms with E-state index in [4.69, 9.17) is 9.15 Å². The van der Waals surface area contributed by atoms with E-state index in [0.29, 0.717) is 17.9 Å². The Bertz CT molecular complexity index is 692. The van der Waals surface area contributed by atoms with Gasteiger partial charge in [0.05, 0.1) is 18.4 Å². The van der Waals surface area contributed by atoms with Crippen molar-refractivity contribution in [3.8, 4) is 0 Å². The van der Waals surface area contributed by atoms with Crippen molar-refractivity contribution >= 4 is 17.8 Å². The molecule has 7 nitrogen and oxygen atoms in total. The summed E-state index contributed by atoms with van der Waals surface area (Å²) in [5.41, 5.74) is 1.19. The summed E-state index contributed by atoms with van der Waals surface area (Å²) < 4.78 is 10.0. The first kappa shape index (κ1) is 17.3. The number of esters is 1. The maximum Gasteiger partial charge on any atom is 0.338 e. The van der Waals surface area contributed by atoms with Crippen LogP contribution >= 0.6 is 0 Å². The Labute approximate surface area is 139 Å². The van der Waals surface area contributed by atoms with Crippen molar-refractivity contribution in [2.45, 2.75) is 20.0 Å². The fourth-order valence-corrected chi connectivity index (χ4v) is 1.85. The second-order valence-corrected chi connectivity index (χ2v) is 5.04. The van der Waals surface area contributed by atoms with Gasteiger partial charge in [-0.15, -0.1) is 0 Å². The highest BCUT2D eigenvalue weighted by Gasteiger charge is 2.10. The molecule has 2 aromatic rings. The van der Waals surface area contributed by atoms with E-state index in [1.807, 2.05) is 0 Å². The summed E-state index contributed by atoms with van der Waals surface area (Å²) in [6, 6.07) is 10.0. The van der Waals surface area contributed by atoms with Crippen LogP contribution in [0.25, 0.3) is 0 Å². The van der Waals surface area contributed by atoms with E-state index in [1.54, 1.807) is 36.4 Å². The molecule has 2 rings (SSSR count). The number of carbonyl (C=O) groups is 3. The molecular weight excluding hydrogens is 312 g/mol. The normalized spacial score (nSPS) is 10.0. The topological polar surface area (TPSA) is 97.6 Å². The van der Waals surface area contributed by atoms with Crippen LogP contribution in [0.15, 0.2) is 47.1 Å². The molecule has 1 aromatic carbocycles. The zero-order valence-electron chi connectivity index (χ0n) is 13.2. The van der Waals surface area contributed by atoms with Crippen LogP contribution in [-0.4, -0.2) is 24.4 Å². The molecule has 2 N–H and O–H groups in total. The summed E-state index contributed by atoms with van der Waals surface area (Å²) >= 11 is 0. The minimum Gasteiger partial charge on any atom is -0.467 e. The molecule has 0 aliphatic carbocycles. The Kier molecular flexibility index (Phi) is 6.13. The molecule has 7 heteroatoms. The predicted molar refractivity (Wildman–Crippen MR) is 84.8 cm³/mol. The van der Waals surface area contributed by atoms with Gasteiger partial charge in [-0.05, 0) is 29.8 Å². The van der Waals surface area contributed by atoms with Crippen molar-refractivity contribution in [3.05, 3.63) is 59.5 Å². The molecule has 1 aromatic heterocycles. The van der Waals surface area contributed by atoms with Crippen molar-refractivity contribution in [2.75, 3.05) is 6.61 Å². The average molecular weight is 330 g/mol. The van der Waals surface area contributed by atoms with Crippen LogP contribution < -0.4 is 10.6 Å². The van der Waals surface area contributed by atoms with Crippen molar-refractivity contribution in [1.82, 2.24) is 10.6 Å². The van der Waals surface area contributed by atoms with Gasteiger partial charge in [-0.1, -0.05) is 12.1 Å². The lowest BCUT2D eigenvalue weighted by atomic mass is 10.1. The highest BCUT2D eigenvalue weighted by atomic mass is 16.5. The summed E-state index contributed by atoms with van der Waals surface area (Å²) in [4.78, 5) is 34.3. The fraction of sp³-hybridized carbons (Fsp3) is 0.235. The first-order valence-electron chi connectivity index (χ1n) is 7.34. The largest absolute Gasteiger partial charge is 0.467 e. The van der Waals surface area contributed by atoms with Crippen molar-refractivity contribution in [3.63, 3.8) is 0 Å². The Morgan fingerprint density at radius 3 is 2.42 bits per heavy atom. The second-order valence-electron chi connectivity index (χ2n) is 5.04. The number of benzene rings is 1. The number of ether oxygens (including phenoxy) is 1. The number of amides is 2. The zero-order valence-corrected chi connectivity index (χ0v) is 13.2. The molecule has 0 aliphatic rings. The summed E-state index contributed by atoms with van der Waals surface area (Å²) in [6.45, 7) is 1.69. The predicted octanol–water partition coefficient (Wildman–Crippen LogP) is 1.39. The monoisotopic (exact) mass is 330 g/mol. The van der Waals surface area contributed by atoms with Gasteiger partial charge >= 0.3 is 5.97 Å². The highest BCUT2D eigenvalue weighted by molar-refractivity contribution is 5.91. The van der Waals surface area contributed by atoms with Crippen LogP contribution in [0.2, 0.25) is 0 Å².